The molecular weight excluding hydrogens is 428 g/mol. The zero-order valence-electron chi connectivity index (χ0n) is 19.0. The lowest BCUT2D eigenvalue weighted by atomic mass is 9.87. The number of rotatable bonds is 7. The first-order valence-corrected chi connectivity index (χ1v) is 11.2. The van der Waals surface area contributed by atoms with Crippen molar-refractivity contribution in [2.24, 2.45) is 5.73 Å². The van der Waals surface area contributed by atoms with Gasteiger partial charge in [-0.05, 0) is 72.4 Å². The summed E-state index contributed by atoms with van der Waals surface area (Å²) in [7, 11) is 1.64. The van der Waals surface area contributed by atoms with Crippen LogP contribution < -0.4 is 21.1 Å². The predicted octanol–water partition coefficient (Wildman–Crippen LogP) is 3.38. The normalized spacial score (nSPS) is 15.5. The lowest BCUT2D eigenvalue weighted by Crippen LogP contribution is -2.44. The Bertz CT molecular complexity index is 1190. The van der Waals surface area contributed by atoms with Crippen LogP contribution in [0.1, 0.15) is 34.6 Å². The van der Waals surface area contributed by atoms with Gasteiger partial charge < -0.3 is 21.1 Å². The fourth-order valence-corrected chi connectivity index (χ4v) is 4.28. The zero-order valence-corrected chi connectivity index (χ0v) is 19.0. The Morgan fingerprint density at radius 1 is 1.00 bits per heavy atom. The molecule has 7 nitrogen and oxygen atoms in total. The topological polar surface area (TPSA) is 117 Å². The first-order valence-electron chi connectivity index (χ1n) is 11.2. The second-order valence-corrected chi connectivity index (χ2v) is 8.41. The Morgan fingerprint density at radius 2 is 1.74 bits per heavy atom. The molecule has 174 valence electrons. The van der Waals surface area contributed by atoms with Gasteiger partial charge in [-0.1, -0.05) is 36.4 Å². The Hall–Kier alpha value is -4.13. The number of hydrogen-bond acceptors (Lipinski definition) is 4. The summed E-state index contributed by atoms with van der Waals surface area (Å²) in [5, 5.41) is 13.4. The number of nitrogens with two attached hydrogens (primary N) is 1. The first kappa shape index (κ1) is 23.0. The average molecular weight is 457 g/mol. The highest BCUT2D eigenvalue weighted by Gasteiger charge is 2.31. The molecule has 3 aromatic carbocycles. The van der Waals surface area contributed by atoms with Crippen LogP contribution in [0.4, 0.5) is 5.69 Å². The maximum atomic E-state index is 13.4. The standard InChI is InChI=1S/C27H28N4O3/c1-34-23-14-10-17-7-13-22(15-20(17)16-23)31-27(33)24(18-5-3-2-4-6-18)26(32)30-21-11-8-19(9-12-21)25(28)29/h2-6,8-12,14,16,22,24H,7,13,15H2,1H3,(H3,28,29)(H,30,32)(H,31,33)/t22-,24?/m0/s1. The third-order valence-corrected chi connectivity index (χ3v) is 6.11. The summed E-state index contributed by atoms with van der Waals surface area (Å²) in [6.45, 7) is 0. The molecular formula is C27H28N4O3. The Morgan fingerprint density at radius 3 is 2.41 bits per heavy atom. The van der Waals surface area contributed by atoms with Crippen LogP contribution in [0.2, 0.25) is 0 Å². The number of aryl methyl sites for hydroxylation is 1. The highest BCUT2D eigenvalue weighted by Crippen LogP contribution is 2.27. The van der Waals surface area contributed by atoms with E-state index in [1.54, 1.807) is 43.5 Å². The number of methoxy groups -OCH3 is 1. The summed E-state index contributed by atoms with van der Waals surface area (Å²) in [5.41, 5.74) is 9.63. The Balaban J connectivity index is 1.51. The first-order chi connectivity index (χ1) is 16.4. The lowest BCUT2D eigenvalue weighted by molar-refractivity contribution is -0.129. The van der Waals surface area contributed by atoms with Crippen molar-refractivity contribution in [3.63, 3.8) is 0 Å². The van der Waals surface area contributed by atoms with Crippen molar-refractivity contribution >= 4 is 23.3 Å². The van der Waals surface area contributed by atoms with Crippen molar-refractivity contribution in [1.29, 1.82) is 5.41 Å². The Kier molecular flexibility index (Phi) is 6.92. The van der Waals surface area contributed by atoms with E-state index >= 15 is 0 Å². The van der Waals surface area contributed by atoms with Gasteiger partial charge >= 0.3 is 0 Å². The molecule has 34 heavy (non-hydrogen) atoms. The molecule has 0 bridgehead atoms. The van der Waals surface area contributed by atoms with Gasteiger partial charge in [-0.25, -0.2) is 0 Å². The van der Waals surface area contributed by atoms with Crippen LogP contribution in [0.15, 0.2) is 72.8 Å². The summed E-state index contributed by atoms with van der Waals surface area (Å²) < 4.78 is 5.34. The van der Waals surface area contributed by atoms with Gasteiger partial charge in [0.15, 0.2) is 0 Å². The fourth-order valence-electron chi connectivity index (χ4n) is 4.28. The maximum Gasteiger partial charge on any atom is 0.241 e. The molecule has 0 spiro atoms. The molecule has 0 aromatic heterocycles. The molecule has 5 N–H and O–H groups in total. The minimum atomic E-state index is -1.000. The zero-order chi connectivity index (χ0) is 24.1. The van der Waals surface area contributed by atoms with Crippen LogP contribution in [0.25, 0.3) is 0 Å². The van der Waals surface area contributed by atoms with Gasteiger partial charge in [0.05, 0.1) is 7.11 Å². The van der Waals surface area contributed by atoms with Gasteiger partial charge in [0.1, 0.15) is 17.5 Å². The van der Waals surface area contributed by atoms with Crippen molar-refractivity contribution in [1.82, 2.24) is 5.32 Å². The number of hydrogen-bond donors (Lipinski definition) is 4. The molecule has 0 saturated carbocycles. The highest BCUT2D eigenvalue weighted by atomic mass is 16.5. The molecule has 2 amide bonds. The van der Waals surface area contributed by atoms with Crippen molar-refractivity contribution in [3.8, 4) is 5.75 Å². The van der Waals surface area contributed by atoms with Crippen LogP contribution in [-0.4, -0.2) is 30.8 Å². The predicted molar refractivity (Wildman–Crippen MR) is 132 cm³/mol. The fraction of sp³-hybridized carbons (Fsp3) is 0.222. The monoisotopic (exact) mass is 456 g/mol. The van der Waals surface area contributed by atoms with E-state index < -0.39 is 11.8 Å². The number of nitrogen functional groups attached to an aromatic ring is 1. The number of ether oxygens (including phenoxy) is 1. The summed E-state index contributed by atoms with van der Waals surface area (Å²) in [6.07, 6.45) is 2.35. The van der Waals surface area contributed by atoms with E-state index in [1.165, 1.54) is 5.56 Å². The SMILES string of the molecule is COc1ccc2c(c1)C[C@@H](NC(=O)C(C(=O)Nc1ccc(C(=N)N)cc1)c1ccccc1)CC2. The third-order valence-electron chi connectivity index (χ3n) is 6.11. The minimum Gasteiger partial charge on any atom is -0.497 e. The van der Waals surface area contributed by atoms with Crippen LogP contribution in [0.3, 0.4) is 0 Å². The number of benzene rings is 3. The molecule has 0 aliphatic heterocycles. The van der Waals surface area contributed by atoms with Gasteiger partial charge in [-0.2, -0.15) is 0 Å². The molecule has 4 rings (SSSR count). The molecule has 3 aromatic rings. The second-order valence-electron chi connectivity index (χ2n) is 8.41. The number of carbonyl (C=O) groups is 2. The largest absolute Gasteiger partial charge is 0.497 e. The van der Waals surface area contributed by atoms with Gasteiger partial charge in [0.2, 0.25) is 11.8 Å². The molecule has 0 fully saturated rings. The summed E-state index contributed by atoms with van der Waals surface area (Å²) >= 11 is 0. The quantitative estimate of drug-likeness (QED) is 0.248. The molecule has 1 aliphatic rings. The molecule has 0 radical (unpaired) electrons. The number of fused-ring (bicyclic) bond motifs is 1. The summed E-state index contributed by atoms with van der Waals surface area (Å²) in [4.78, 5) is 26.6. The van der Waals surface area contributed by atoms with E-state index in [4.69, 9.17) is 15.9 Å². The summed E-state index contributed by atoms with van der Waals surface area (Å²) in [5.74, 6) is -1.01. The van der Waals surface area contributed by atoms with Crippen LogP contribution in [-0.2, 0) is 22.4 Å². The number of nitrogens with one attached hydrogen (secondary N) is 3. The molecule has 7 heteroatoms. The van der Waals surface area contributed by atoms with Gasteiger partial charge in [0.25, 0.3) is 0 Å². The van der Waals surface area contributed by atoms with Crippen LogP contribution >= 0.6 is 0 Å². The van der Waals surface area contributed by atoms with Crippen molar-refractivity contribution in [2.45, 2.75) is 31.2 Å². The minimum absolute atomic E-state index is 0.0499. The average Bonchev–Trinajstić information content (AvgIpc) is 2.84. The van der Waals surface area contributed by atoms with Gasteiger partial charge in [-0.3, -0.25) is 15.0 Å². The lowest BCUT2D eigenvalue weighted by Gasteiger charge is -2.27. The highest BCUT2D eigenvalue weighted by molar-refractivity contribution is 6.11. The van der Waals surface area contributed by atoms with Gasteiger partial charge in [-0.15, -0.1) is 0 Å². The molecule has 2 atom stereocenters. The maximum absolute atomic E-state index is 13.4. The number of carbonyl (C=O) groups excluding carboxylic acids is 2. The smallest absolute Gasteiger partial charge is 0.241 e. The van der Waals surface area contributed by atoms with Crippen LogP contribution in [0, 0.1) is 5.41 Å². The molecule has 1 unspecified atom stereocenters. The number of amidine groups is 1. The van der Waals surface area contributed by atoms with E-state index in [9.17, 15) is 9.59 Å². The number of amides is 2. The van der Waals surface area contributed by atoms with E-state index in [0.29, 0.717) is 23.2 Å². The van der Waals surface area contributed by atoms with Crippen molar-refractivity contribution < 1.29 is 14.3 Å². The second kappa shape index (κ2) is 10.2. The molecule has 0 heterocycles. The van der Waals surface area contributed by atoms with E-state index in [1.807, 2.05) is 30.3 Å². The number of anilines is 1. The molecule has 1 aliphatic carbocycles. The van der Waals surface area contributed by atoms with E-state index in [-0.39, 0.29) is 17.8 Å². The van der Waals surface area contributed by atoms with Gasteiger partial charge in [0, 0.05) is 17.3 Å². The molecule has 0 saturated heterocycles. The van der Waals surface area contributed by atoms with Crippen molar-refractivity contribution in [2.75, 3.05) is 12.4 Å². The van der Waals surface area contributed by atoms with E-state index in [0.717, 1.165) is 24.2 Å². The Labute approximate surface area is 198 Å². The third kappa shape index (κ3) is 5.26. The van der Waals surface area contributed by atoms with E-state index in [2.05, 4.69) is 16.7 Å². The van der Waals surface area contributed by atoms with Crippen LogP contribution in [0.5, 0.6) is 5.75 Å². The van der Waals surface area contributed by atoms with Crippen molar-refractivity contribution in [3.05, 3.63) is 95.1 Å². The summed E-state index contributed by atoms with van der Waals surface area (Å²) in [6, 6.07) is 21.7.